The van der Waals surface area contributed by atoms with Crippen molar-refractivity contribution in [2.75, 3.05) is 25.6 Å². The molecule has 0 aliphatic heterocycles. The van der Waals surface area contributed by atoms with Crippen molar-refractivity contribution in [1.29, 1.82) is 0 Å². The monoisotopic (exact) mass is 287 g/mol. The van der Waals surface area contributed by atoms with Gasteiger partial charge in [0.25, 0.3) is 0 Å². The number of benzene rings is 1. The first kappa shape index (κ1) is 15.3. The highest BCUT2D eigenvalue weighted by Crippen LogP contribution is 2.23. The lowest BCUT2D eigenvalue weighted by atomic mass is 10.2. The molecule has 0 amide bonds. The first-order valence-corrected chi connectivity index (χ1v) is 7.10. The van der Waals surface area contributed by atoms with E-state index >= 15 is 0 Å². The van der Waals surface area contributed by atoms with Crippen molar-refractivity contribution in [3.63, 3.8) is 0 Å². The average Bonchev–Trinajstić information content (AvgIpc) is 2.48. The zero-order valence-corrected chi connectivity index (χ0v) is 12.7. The van der Waals surface area contributed by atoms with Gasteiger partial charge in [-0.1, -0.05) is 12.1 Å². The molecular formula is C16H21N3O2. The quantitative estimate of drug-likeness (QED) is 0.848. The van der Waals surface area contributed by atoms with Gasteiger partial charge in [0.2, 0.25) is 0 Å². The molecule has 0 aliphatic carbocycles. The Bertz CT molecular complexity index is 563. The molecule has 1 N–H and O–H groups in total. The summed E-state index contributed by atoms with van der Waals surface area (Å²) in [6.07, 6.45) is 0. The van der Waals surface area contributed by atoms with E-state index in [1.165, 1.54) is 0 Å². The fourth-order valence-corrected chi connectivity index (χ4v) is 2.01. The summed E-state index contributed by atoms with van der Waals surface area (Å²) in [4.78, 5) is 9.09. The third-order valence-electron chi connectivity index (χ3n) is 2.83. The van der Waals surface area contributed by atoms with Gasteiger partial charge < -0.3 is 14.8 Å². The molecule has 1 aromatic carbocycles. The summed E-state index contributed by atoms with van der Waals surface area (Å²) in [6, 6.07) is 9.70. The van der Waals surface area contributed by atoms with Gasteiger partial charge in [-0.15, -0.1) is 0 Å². The third-order valence-corrected chi connectivity index (χ3v) is 2.83. The van der Waals surface area contributed by atoms with E-state index in [1.807, 2.05) is 44.2 Å². The van der Waals surface area contributed by atoms with Crippen LogP contribution in [0.2, 0.25) is 0 Å². The lowest BCUT2D eigenvalue weighted by Gasteiger charge is -2.10. The van der Waals surface area contributed by atoms with Crippen molar-refractivity contribution in [1.82, 2.24) is 9.97 Å². The smallest absolute Gasteiger partial charge is 0.161 e. The van der Waals surface area contributed by atoms with Gasteiger partial charge in [0, 0.05) is 25.3 Å². The minimum atomic E-state index is 0.457. The molecule has 1 heterocycles. The van der Waals surface area contributed by atoms with Crippen LogP contribution in [0.5, 0.6) is 5.75 Å². The second kappa shape index (κ2) is 7.59. The van der Waals surface area contributed by atoms with Crippen LogP contribution in [0.25, 0.3) is 11.4 Å². The molecule has 2 rings (SSSR count). The van der Waals surface area contributed by atoms with Crippen molar-refractivity contribution in [3.05, 3.63) is 36.0 Å². The van der Waals surface area contributed by atoms with Gasteiger partial charge in [-0.3, -0.25) is 0 Å². The first-order valence-electron chi connectivity index (χ1n) is 7.10. The molecular weight excluding hydrogens is 266 g/mol. The number of aromatic nitrogens is 2. The van der Waals surface area contributed by atoms with Crippen molar-refractivity contribution >= 4 is 5.82 Å². The predicted octanol–water partition coefficient (Wildman–Crippen LogP) is 3.12. The number of methoxy groups -OCH3 is 1. The topological polar surface area (TPSA) is 56.3 Å². The number of ether oxygens (including phenoxy) is 2. The molecule has 0 saturated carbocycles. The summed E-state index contributed by atoms with van der Waals surface area (Å²) in [5.74, 6) is 2.29. The Balaban J connectivity index is 2.38. The van der Waals surface area contributed by atoms with Gasteiger partial charge in [0.1, 0.15) is 11.6 Å². The Hall–Kier alpha value is -2.14. The number of hydrogen-bond acceptors (Lipinski definition) is 5. The van der Waals surface area contributed by atoms with Crippen molar-refractivity contribution < 1.29 is 9.47 Å². The van der Waals surface area contributed by atoms with E-state index < -0.39 is 0 Å². The molecule has 0 saturated heterocycles. The number of anilines is 1. The zero-order chi connectivity index (χ0) is 15.1. The maximum atomic E-state index is 5.53. The number of nitrogens with zero attached hydrogens (tertiary/aromatic N) is 2. The molecule has 5 heteroatoms. The highest BCUT2D eigenvalue weighted by Gasteiger charge is 2.08. The van der Waals surface area contributed by atoms with Crippen LogP contribution in [0.15, 0.2) is 30.3 Å². The lowest BCUT2D eigenvalue weighted by molar-refractivity contribution is 0.181. The Morgan fingerprint density at radius 3 is 2.71 bits per heavy atom. The van der Waals surface area contributed by atoms with Gasteiger partial charge >= 0.3 is 0 Å². The van der Waals surface area contributed by atoms with Crippen molar-refractivity contribution in [3.8, 4) is 17.1 Å². The van der Waals surface area contributed by atoms with Gasteiger partial charge in [-0.05, 0) is 26.0 Å². The first-order chi connectivity index (χ1) is 10.3. The van der Waals surface area contributed by atoms with Crippen LogP contribution in [-0.2, 0) is 11.3 Å². The lowest BCUT2D eigenvalue weighted by Crippen LogP contribution is -2.04. The summed E-state index contributed by atoms with van der Waals surface area (Å²) in [5.41, 5.74) is 1.78. The van der Waals surface area contributed by atoms with Gasteiger partial charge in [0.15, 0.2) is 5.82 Å². The summed E-state index contributed by atoms with van der Waals surface area (Å²) in [6.45, 7) is 5.90. The average molecular weight is 287 g/mol. The molecule has 21 heavy (non-hydrogen) atoms. The van der Waals surface area contributed by atoms with Crippen LogP contribution in [0, 0.1) is 0 Å². The molecule has 2 aromatic rings. The fraction of sp³-hybridized carbons (Fsp3) is 0.375. The second-order valence-corrected chi connectivity index (χ2v) is 4.49. The molecule has 5 nitrogen and oxygen atoms in total. The van der Waals surface area contributed by atoms with E-state index in [0.717, 1.165) is 29.4 Å². The van der Waals surface area contributed by atoms with Gasteiger partial charge in [-0.2, -0.15) is 0 Å². The van der Waals surface area contributed by atoms with Crippen molar-refractivity contribution in [2.24, 2.45) is 0 Å². The third kappa shape index (κ3) is 4.16. The number of rotatable bonds is 7. The van der Waals surface area contributed by atoms with E-state index in [2.05, 4.69) is 15.3 Å². The minimum Gasteiger partial charge on any atom is -0.494 e. The normalized spacial score (nSPS) is 10.4. The van der Waals surface area contributed by atoms with E-state index in [-0.39, 0.29) is 0 Å². The fourth-order valence-electron chi connectivity index (χ4n) is 2.01. The molecule has 0 fully saturated rings. The van der Waals surface area contributed by atoms with E-state index in [4.69, 9.17) is 9.47 Å². The standard InChI is InChI=1S/C16H21N3O2/c1-4-17-15-10-13(11-20-3)18-16(19-15)12-7-6-8-14(9-12)21-5-2/h6-10H,4-5,11H2,1-3H3,(H,17,18,19). The Labute approximate surface area is 125 Å². The predicted molar refractivity (Wildman–Crippen MR) is 83.5 cm³/mol. The molecule has 112 valence electrons. The van der Waals surface area contributed by atoms with Crippen molar-refractivity contribution in [2.45, 2.75) is 20.5 Å². The molecule has 0 radical (unpaired) electrons. The van der Waals surface area contributed by atoms with Crippen LogP contribution in [-0.4, -0.2) is 30.2 Å². The molecule has 0 unspecified atom stereocenters. The summed E-state index contributed by atoms with van der Waals surface area (Å²) >= 11 is 0. The van der Waals surface area contributed by atoms with E-state index in [0.29, 0.717) is 19.0 Å². The molecule has 0 spiro atoms. The molecule has 0 bridgehead atoms. The second-order valence-electron chi connectivity index (χ2n) is 4.49. The van der Waals surface area contributed by atoms with E-state index in [9.17, 15) is 0 Å². The highest BCUT2D eigenvalue weighted by atomic mass is 16.5. The zero-order valence-electron chi connectivity index (χ0n) is 12.7. The molecule has 0 atom stereocenters. The van der Waals surface area contributed by atoms with Crippen LogP contribution >= 0.6 is 0 Å². The minimum absolute atomic E-state index is 0.457. The SMILES string of the molecule is CCNc1cc(COC)nc(-c2cccc(OCC)c2)n1. The molecule has 1 aromatic heterocycles. The van der Waals surface area contributed by atoms with Crippen LogP contribution < -0.4 is 10.1 Å². The maximum absolute atomic E-state index is 5.53. The Kier molecular flexibility index (Phi) is 5.51. The molecule has 0 aliphatic rings. The van der Waals surface area contributed by atoms with Gasteiger partial charge in [0.05, 0.1) is 18.9 Å². The Morgan fingerprint density at radius 2 is 2.00 bits per heavy atom. The Morgan fingerprint density at radius 1 is 1.14 bits per heavy atom. The summed E-state index contributed by atoms with van der Waals surface area (Å²) < 4.78 is 10.7. The van der Waals surface area contributed by atoms with Crippen LogP contribution in [0.3, 0.4) is 0 Å². The number of hydrogen-bond donors (Lipinski definition) is 1. The maximum Gasteiger partial charge on any atom is 0.161 e. The van der Waals surface area contributed by atoms with Crippen LogP contribution in [0.1, 0.15) is 19.5 Å². The van der Waals surface area contributed by atoms with Gasteiger partial charge in [-0.25, -0.2) is 9.97 Å². The number of nitrogens with one attached hydrogen (secondary N) is 1. The highest BCUT2D eigenvalue weighted by molar-refractivity contribution is 5.59. The van der Waals surface area contributed by atoms with E-state index in [1.54, 1.807) is 7.11 Å². The largest absolute Gasteiger partial charge is 0.494 e. The summed E-state index contributed by atoms with van der Waals surface area (Å²) in [5, 5.41) is 3.22. The van der Waals surface area contributed by atoms with Crippen LogP contribution in [0.4, 0.5) is 5.82 Å². The summed E-state index contributed by atoms with van der Waals surface area (Å²) in [7, 11) is 1.66.